The Bertz CT molecular complexity index is 923. The third kappa shape index (κ3) is 5.55. The summed E-state index contributed by atoms with van der Waals surface area (Å²) in [5, 5.41) is 12.1. The molecule has 3 rings (SSSR count). The van der Waals surface area contributed by atoms with Crippen LogP contribution in [0.1, 0.15) is 27.0 Å². The minimum atomic E-state index is -1.04. The minimum Gasteiger partial charge on any atom is -0.480 e. The van der Waals surface area contributed by atoms with E-state index in [0.29, 0.717) is 5.56 Å². The third-order valence-corrected chi connectivity index (χ3v) is 4.62. The van der Waals surface area contributed by atoms with E-state index in [2.05, 4.69) is 17.4 Å². The highest BCUT2D eigenvalue weighted by Crippen LogP contribution is 2.11. The Labute approximate surface area is 164 Å². The highest BCUT2D eigenvalue weighted by atomic mass is 16.4. The first-order chi connectivity index (χ1) is 13.6. The van der Waals surface area contributed by atoms with Crippen LogP contribution in [0.2, 0.25) is 0 Å². The van der Waals surface area contributed by atoms with Crippen LogP contribution in [0.3, 0.4) is 0 Å². The van der Waals surface area contributed by atoms with E-state index in [1.54, 1.807) is 6.07 Å². The van der Waals surface area contributed by atoms with Crippen molar-refractivity contribution in [2.75, 3.05) is 0 Å². The average molecular weight is 373 g/mol. The van der Waals surface area contributed by atoms with Crippen molar-refractivity contribution in [3.8, 4) is 0 Å². The number of hydrogen-bond donors (Lipinski definition) is 2. The number of aliphatic carboxylic acids is 1. The number of carboxylic acid groups (broad SMARTS) is 1. The van der Waals surface area contributed by atoms with Crippen LogP contribution in [0.15, 0.2) is 84.9 Å². The Kier molecular flexibility index (Phi) is 6.58. The van der Waals surface area contributed by atoms with Gasteiger partial charge in [-0.15, -0.1) is 0 Å². The monoisotopic (exact) mass is 373 g/mol. The fourth-order valence-electron chi connectivity index (χ4n) is 3.09. The second-order valence-corrected chi connectivity index (χ2v) is 6.74. The molecule has 1 amide bonds. The average Bonchev–Trinajstić information content (AvgIpc) is 2.73. The third-order valence-electron chi connectivity index (χ3n) is 4.62. The van der Waals surface area contributed by atoms with E-state index in [0.717, 1.165) is 24.0 Å². The molecule has 2 N–H and O–H groups in total. The van der Waals surface area contributed by atoms with Crippen LogP contribution in [0, 0.1) is 0 Å². The van der Waals surface area contributed by atoms with Crippen LogP contribution in [0.4, 0.5) is 0 Å². The molecule has 3 aromatic rings. The zero-order valence-electron chi connectivity index (χ0n) is 15.5. The molecule has 0 heterocycles. The molecule has 1 atom stereocenters. The Morgan fingerprint density at radius 2 is 1.32 bits per heavy atom. The van der Waals surface area contributed by atoms with Crippen LogP contribution in [-0.2, 0) is 24.1 Å². The molecule has 0 saturated heterocycles. The number of carboxylic acids is 1. The van der Waals surface area contributed by atoms with E-state index >= 15 is 0 Å². The molecule has 4 heteroatoms. The first-order valence-electron chi connectivity index (χ1n) is 9.32. The molecule has 4 nitrogen and oxygen atoms in total. The molecule has 0 fully saturated rings. The maximum atomic E-state index is 12.6. The number of carbonyl (C=O) groups excluding carboxylic acids is 1. The summed E-state index contributed by atoms with van der Waals surface area (Å²) in [4.78, 5) is 24.2. The van der Waals surface area contributed by atoms with Crippen molar-refractivity contribution in [2.45, 2.75) is 25.3 Å². The molecule has 142 valence electrons. The predicted molar refractivity (Wildman–Crippen MR) is 109 cm³/mol. The molecular formula is C24H23NO3. The maximum absolute atomic E-state index is 12.6. The van der Waals surface area contributed by atoms with Gasteiger partial charge in [-0.1, -0.05) is 72.8 Å². The number of hydrogen-bond acceptors (Lipinski definition) is 2. The van der Waals surface area contributed by atoms with Gasteiger partial charge in [0.25, 0.3) is 5.91 Å². The van der Waals surface area contributed by atoms with Gasteiger partial charge in [-0.2, -0.15) is 0 Å². The van der Waals surface area contributed by atoms with E-state index in [-0.39, 0.29) is 12.3 Å². The van der Waals surface area contributed by atoms with Gasteiger partial charge in [0.15, 0.2) is 0 Å². The SMILES string of the molecule is O=C(N[C@@H](Cc1ccccc1)C(=O)O)c1cccc(CCc2ccccc2)c1. The summed E-state index contributed by atoms with van der Waals surface area (Å²) >= 11 is 0. The molecular weight excluding hydrogens is 350 g/mol. The quantitative estimate of drug-likeness (QED) is 0.629. The second kappa shape index (κ2) is 9.51. The number of benzene rings is 3. The molecule has 0 unspecified atom stereocenters. The number of amides is 1. The lowest BCUT2D eigenvalue weighted by Gasteiger charge is -2.15. The highest BCUT2D eigenvalue weighted by Gasteiger charge is 2.21. The van der Waals surface area contributed by atoms with Gasteiger partial charge in [-0.05, 0) is 41.7 Å². The zero-order valence-corrected chi connectivity index (χ0v) is 15.5. The van der Waals surface area contributed by atoms with Gasteiger partial charge in [0, 0.05) is 12.0 Å². The normalized spacial score (nSPS) is 11.6. The van der Waals surface area contributed by atoms with Crippen molar-refractivity contribution in [3.63, 3.8) is 0 Å². The van der Waals surface area contributed by atoms with Crippen LogP contribution in [0.5, 0.6) is 0 Å². The predicted octanol–water partition coefficient (Wildman–Crippen LogP) is 3.90. The summed E-state index contributed by atoms with van der Waals surface area (Å²) in [7, 11) is 0. The highest BCUT2D eigenvalue weighted by molar-refractivity contribution is 5.96. The van der Waals surface area contributed by atoms with Gasteiger partial charge < -0.3 is 10.4 Å². The Morgan fingerprint density at radius 3 is 1.96 bits per heavy atom. The summed E-state index contributed by atoms with van der Waals surface area (Å²) < 4.78 is 0. The van der Waals surface area contributed by atoms with Crippen LogP contribution >= 0.6 is 0 Å². The van der Waals surface area contributed by atoms with Crippen LogP contribution < -0.4 is 5.32 Å². The van der Waals surface area contributed by atoms with Crippen molar-refractivity contribution in [3.05, 3.63) is 107 Å². The number of aryl methyl sites for hydroxylation is 2. The minimum absolute atomic E-state index is 0.246. The van der Waals surface area contributed by atoms with E-state index in [1.807, 2.05) is 66.7 Å². The summed E-state index contributed by atoms with van der Waals surface area (Å²) in [6.45, 7) is 0. The van der Waals surface area contributed by atoms with Crippen molar-refractivity contribution >= 4 is 11.9 Å². The lowest BCUT2D eigenvalue weighted by Crippen LogP contribution is -2.42. The van der Waals surface area contributed by atoms with Gasteiger partial charge in [0.1, 0.15) is 6.04 Å². The van der Waals surface area contributed by atoms with Crippen LogP contribution in [-0.4, -0.2) is 23.0 Å². The van der Waals surface area contributed by atoms with Gasteiger partial charge in [0.05, 0.1) is 0 Å². The first-order valence-corrected chi connectivity index (χ1v) is 9.32. The molecule has 0 aliphatic carbocycles. The molecule has 0 saturated carbocycles. The summed E-state index contributed by atoms with van der Waals surface area (Å²) in [5.74, 6) is -1.41. The lowest BCUT2D eigenvalue weighted by molar-refractivity contribution is -0.139. The Hall–Kier alpha value is -3.40. The second-order valence-electron chi connectivity index (χ2n) is 6.74. The van der Waals surface area contributed by atoms with E-state index < -0.39 is 12.0 Å². The molecule has 0 aromatic heterocycles. The van der Waals surface area contributed by atoms with Crippen molar-refractivity contribution in [2.24, 2.45) is 0 Å². The summed E-state index contributed by atoms with van der Waals surface area (Å²) in [6.07, 6.45) is 1.95. The maximum Gasteiger partial charge on any atom is 0.326 e. The summed E-state index contributed by atoms with van der Waals surface area (Å²) in [6, 6.07) is 25.9. The molecule has 0 spiro atoms. The van der Waals surface area contributed by atoms with Crippen LogP contribution in [0.25, 0.3) is 0 Å². The molecule has 0 aliphatic heterocycles. The van der Waals surface area contributed by atoms with Crippen molar-refractivity contribution < 1.29 is 14.7 Å². The van der Waals surface area contributed by atoms with Gasteiger partial charge in [0.2, 0.25) is 0 Å². The molecule has 3 aromatic carbocycles. The Balaban J connectivity index is 1.64. The fraction of sp³-hybridized carbons (Fsp3) is 0.167. The molecule has 28 heavy (non-hydrogen) atoms. The first kappa shape index (κ1) is 19.4. The van der Waals surface area contributed by atoms with E-state index in [1.165, 1.54) is 5.56 Å². The largest absolute Gasteiger partial charge is 0.480 e. The number of rotatable bonds is 8. The smallest absolute Gasteiger partial charge is 0.326 e. The fourth-order valence-corrected chi connectivity index (χ4v) is 3.09. The van der Waals surface area contributed by atoms with Gasteiger partial charge in [-0.25, -0.2) is 4.79 Å². The Morgan fingerprint density at radius 1 is 0.750 bits per heavy atom. The van der Waals surface area contributed by atoms with E-state index in [9.17, 15) is 14.7 Å². The molecule has 0 bridgehead atoms. The van der Waals surface area contributed by atoms with Gasteiger partial charge in [-0.3, -0.25) is 4.79 Å². The van der Waals surface area contributed by atoms with Crippen molar-refractivity contribution in [1.29, 1.82) is 0 Å². The standard InChI is InChI=1S/C24H23NO3/c26-23(25-22(24(27)28)17-19-10-5-2-6-11-19)21-13-7-12-20(16-21)15-14-18-8-3-1-4-9-18/h1-13,16,22H,14-15,17H2,(H,25,26)(H,27,28)/t22-/m0/s1. The topological polar surface area (TPSA) is 66.4 Å². The molecule has 0 aliphatic rings. The lowest BCUT2D eigenvalue weighted by atomic mass is 10.0. The number of carbonyl (C=O) groups is 2. The summed E-state index contributed by atoms with van der Waals surface area (Å²) in [5.41, 5.74) is 3.63. The molecule has 0 radical (unpaired) electrons. The number of nitrogens with one attached hydrogen (secondary N) is 1. The zero-order chi connectivity index (χ0) is 19.8. The van der Waals surface area contributed by atoms with Crippen molar-refractivity contribution in [1.82, 2.24) is 5.32 Å². The van der Waals surface area contributed by atoms with E-state index in [4.69, 9.17) is 0 Å². The van der Waals surface area contributed by atoms with Gasteiger partial charge >= 0.3 is 5.97 Å².